The average molecular weight is 238 g/mol. The fourth-order valence-electron chi connectivity index (χ4n) is 1.29. The highest BCUT2D eigenvalue weighted by atomic mass is 16.6. The summed E-state index contributed by atoms with van der Waals surface area (Å²) in [6.45, 7) is 0.820. The highest BCUT2D eigenvalue weighted by molar-refractivity contribution is 5.99. The van der Waals surface area contributed by atoms with E-state index in [1.54, 1.807) is 0 Å². The third-order valence-corrected chi connectivity index (χ3v) is 2.13. The van der Waals surface area contributed by atoms with Crippen molar-refractivity contribution >= 4 is 17.3 Å². The van der Waals surface area contributed by atoms with Gasteiger partial charge in [-0.3, -0.25) is 14.9 Å². The molecule has 0 aliphatic rings. The monoisotopic (exact) mass is 238 g/mol. The fourth-order valence-corrected chi connectivity index (χ4v) is 1.29. The molecule has 1 amide bonds. The van der Waals surface area contributed by atoms with Gasteiger partial charge in [0.2, 0.25) is 0 Å². The van der Waals surface area contributed by atoms with E-state index in [2.05, 4.69) is 5.32 Å². The Morgan fingerprint density at radius 2 is 2.18 bits per heavy atom. The van der Waals surface area contributed by atoms with E-state index in [0.717, 1.165) is 0 Å². The number of benzene rings is 1. The maximum absolute atomic E-state index is 11.7. The predicted molar refractivity (Wildman–Crippen MR) is 63.5 cm³/mol. The van der Waals surface area contributed by atoms with Crippen LogP contribution in [0, 0.1) is 10.1 Å². The van der Waals surface area contributed by atoms with Crippen molar-refractivity contribution < 1.29 is 9.72 Å². The molecular formula is C10H14N4O3. The molecule has 0 radical (unpaired) electrons. The van der Waals surface area contributed by atoms with Crippen molar-refractivity contribution in [2.75, 3.05) is 18.8 Å². The van der Waals surface area contributed by atoms with Gasteiger partial charge in [-0.25, -0.2) is 0 Å². The molecule has 92 valence electrons. The van der Waals surface area contributed by atoms with Crippen LogP contribution in [0.3, 0.4) is 0 Å². The van der Waals surface area contributed by atoms with E-state index in [0.29, 0.717) is 25.2 Å². The molecular weight excluding hydrogens is 224 g/mol. The van der Waals surface area contributed by atoms with E-state index in [9.17, 15) is 14.9 Å². The fraction of sp³-hybridized carbons (Fsp3) is 0.300. The minimum Gasteiger partial charge on any atom is -0.399 e. The van der Waals surface area contributed by atoms with E-state index in [-0.39, 0.29) is 11.3 Å². The number of hydrogen-bond donors (Lipinski definition) is 3. The molecule has 1 aromatic carbocycles. The predicted octanol–water partition coefficient (Wildman–Crippen LogP) is 0.256. The van der Waals surface area contributed by atoms with Gasteiger partial charge < -0.3 is 16.8 Å². The molecule has 0 spiro atoms. The lowest BCUT2D eigenvalue weighted by atomic mass is 10.1. The first-order valence-corrected chi connectivity index (χ1v) is 5.08. The summed E-state index contributed by atoms with van der Waals surface area (Å²) in [5.74, 6) is -0.516. The number of nitrogen functional groups attached to an aromatic ring is 1. The van der Waals surface area contributed by atoms with Gasteiger partial charge in [-0.2, -0.15) is 0 Å². The van der Waals surface area contributed by atoms with Gasteiger partial charge in [0.15, 0.2) is 0 Å². The number of anilines is 1. The number of amides is 1. The van der Waals surface area contributed by atoms with Crippen molar-refractivity contribution in [1.82, 2.24) is 5.32 Å². The topological polar surface area (TPSA) is 124 Å². The molecule has 7 heteroatoms. The second-order valence-electron chi connectivity index (χ2n) is 3.43. The molecule has 7 nitrogen and oxygen atoms in total. The van der Waals surface area contributed by atoms with Crippen LogP contribution in [0.1, 0.15) is 16.8 Å². The van der Waals surface area contributed by atoms with Crippen LogP contribution < -0.4 is 16.8 Å². The number of hydrogen-bond acceptors (Lipinski definition) is 5. The van der Waals surface area contributed by atoms with Crippen LogP contribution in [-0.2, 0) is 0 Å². The molecule has 0 atom stereocenters. The molecule has 0 saturated heterocycles. The smallest absolute Gasteiger partial charge is 0.282 e. The molecule has 0 aliphatic carbocycles. The Morgan fingerprint density at radius 1 is 1.47 bits per heavy atom. The number of nitro groups is 1. The van der Waals surface area contributed by atoms with Crippen molar-refractivity contribution in [1.29, 1.82) is 0 Å². The Labute approximate surface area is 97.9 Å². The summed E-state index contributed by atoms with van der Waals surface area (Å²) in [5.41, 5.74) is 10.8. The Morgan fingerprint density at radius 3 is 2.76 bits per heavy atom. The molecule has 1 aromatic rings. The summed E-state index contributed by atoms with van der Waals surface area (Å²) in [7, 11) is 0. The summed E-state index contributed by atoms with van der Waals surface area (Å²) in [6.07, 6.45) is 0.613. The Balaban J connectivity index is 2.90. The van der Waals surface area contributed by atoms with Crippen molar-refractivity contribution in [3.63, 3.8) is 0 Å². The molecule has 0 saturated carbocycles. The number of carbonyl (C=O) groups excluding carboxylic acids is 1. The van der Waals surface area contributed by atoms with Crippen molar-refractivity contribution in [2.45, 2.75) is 6.42 Å². The molecule has 0 fully saturated rings. The van der Waals surface area contributed by atoms with Gasteiger partial charge >= 0.3 is 0 Å². The Bertz CT molecular complexity index is 434. The average Bonchev–Trinajstić information content (AvgIpc) is 2.28. The van der Waals surface area contributed by atoms with Crippen LogP contribution in [0.25, 0.3) is 0 Å². The van der Waals surface area contributed by atoms with Gasteiger partial charge in [0.1, 0.15) is 5.56 Å². The van der Waals surface area contributed by atoms with Crippen molar-refractivity contribution in [3.8, 4) is 0 Å². The Hall–Kier alpha value is -2.15. The number of nitrogens with two attached hydrogens (primary N) is 2. The molecule has 0 bridgehead atoms. The van der Waals surface area contributed by atoms with E-state index in [1.165, 1.54) is 18.2 Å². The van der Waals surface area contributed by atoms with E-state index in [4.69, 9.17) is 11.5 Å². The van der Waals surface area contributed by atoms with Gasteiger partial charge in [-0.15, -0.1) is 0 Å². The zero-order valence-electron chi connectivity index (χ0n) is 9.18. The van der Waals surface area contributed by atoms with Gasteiger partial charge in [0.25, 0.3) is 11.6 Å². The van der Waals surface area contributed by atoms with Crippen LogP contribution in [0.4, 0.5) is 11.4 Å². The van der Waals surface area contributed by atoms with Gasteiger partial charge in [-0.05, 0) is 25.1 Å². The highest BCUT2D eigenvalue weighted by Gasteiger charge is 2.19. The molecule has 1 rings (SSSR count). The normalized spacial score (nSPS) is 9.94. The van der Waals surface area contributed by atoms with Crippen LogP contribution in [-0.4, -0.2) is 23.9 Å². The van der Waals surface area contributed by atoms with Crippen LogP contribution in [0.5, 0.6) is 0 Å². The third kappa shape index (κ3) is 3.42. The standard InChI is InChI=1S/C10H14N4O3/c11-4-1-5-13-10(15)8-6-7(12)2-3-9(8)14(16)17/h2-3,6H,1,4-5,11-12H2,(H,13,15). The minimum atomic E-state index is -0.614. The molecule has 0 unspecified atom stereocenters. The molecule has 5 N–H and O–H groups in total. The largest absolute Gasteiger partial charge is 0.399 e. The first-order valence-electron chi connectivity index (χ1n) is 5.08. The van der Waals surface area contributed by atoms with Crippen LogP contribution in [0.2, 0.25) is 0 Å². The summed E-state index contributed by atoms with van der Waals surface area (Å²) in [4.78, 5) is 21.8. The second kappa shape index (κ2) is 5.80. The van der Waals surface area contributed by atoms with Gasteiger partial charge in [0, 0.05) is 18.3 Å². The zero-order valence-corrected chi connectivity index (χ0v) is 9.18. The van der Waals surface area contributed by atoms with Gasteiger partial charge in [0.05, 0.1) is 4.92 Å². The van der Waals surface area contributed by atoms with Crippen molar-refractivity contribution in [2.24, 2.45) is 5.73 Å². The third-order valence-electron chi connectivity index (χ3n) is 2.13. The lowest BCUT2D eigenvalue weighted by Crippen LogP contribution is -2.26. The number of nitrogens with one attached hydrogen (secondary N) is 1. The van der Waals surface area contributed by atoms with Crippen molar-refractivity contribution in [3.05, 3.63) is 33.9 Å². The lowest BCUT2D eigenvalue weighted by molar-refractivity contribution is -0.385. The molecule has 0 aliphatic heterocycles. The maximum Gasteiger partial charge on any atom is 0.282 e. The number of carbonyl (C=O) groups is 1. The SMILES string of the molecule is NCCCNC(=O)c1cc(N)ccc1[N+](=O)[O-]. The van der Waals surface area contributed by atoms with Crippen LogP contribution >= 0.6 is 0 Å². The number of nitro benzene ring substituents is 1. The zero-order chi connectivity index (χ0) is 12.8. The first kappa shape index (κ1) is 12.9. The number of nitrogens with zero attached hydrogens (tertiary/aromatic N) is 1. The van der Waals surface area contributed by atoms with E-state index >= 15 is 0 Å². The molecule has 0 aromatic heterocycles. The maximum atomic E-state index is 11.7. The summed E-state index contributed by atoms with van der Waals surface area (Å²) < 4.78 is 0. The number of rotatable bonds is 5. The molecule has 17 heavy (non-hydrogen) atoms. The summed E-state index contributed by atoms with van der Waals surface area (Å²) >= 11 is 0. The quantitative estimate of drug-likeness (QED) is 0.293. The molecule has 0 heterocycles. The first-order chi connectivity index (χ1) is 8.06. The van der Waals surface area contributed by atoms with Gasteiger partial charge in [-0.1, -0.05) is 0 Å². The van der Waals surface area contributed by atoms with E-state index < -0.39 is 10.8 Å². The second-order valence-corrected chi connectivity index (χ2v) is 3.43. The van der Waals surface area contributed by atoms with Crippen LogP contribution in [0.15, 0.2) is 18.2 Å². The summed E-state index contributed by atoms with van der Waals surface area (Å²) in [5, 5.41) is 13.3. The highest BCUT2D eigenvalue weighted by Crippen LogP contribution is 2.20. The minimum absolute atomic E-state index is 0.0352. The summed E-state index contributed by atoms with van der Waals surface area (Å²) in [6, 6.07) is 3.89. The lowest BCUT2D eigenvalue weighted by Gasteiger charge is -2.05. The Kier molecular flexibility index (Phi) is 4.41. The van der Waals surface area contributed by atoms with E-state index in [1.807, 2.05) is 0 Å².